The van der Waals surface area contributed by atoms with E-state index in [1.807, 2.05) is 0 Å². The van der Waals surface area contributed by atoms with Crippen molar-refractivity contribution in [3.8, 4) is 11.4 Å². The largest absolute Gasteiger partial charge is 0.311 e. The highest BCUT2D eigenvalue weighted by molar-refractivity contribution is 7.90. The SMILES string of the molecule is CS(=O)(=O)c1ccc(-c2nnc3n2CCCC3)cc1. The number of hydrogen-bond acceptors (Lipinski definition) is 4. The van der Waals surface area contributed by atoms with Gasteiger partial charge in [0.1, 0.15) is 5.82 Å². The molecule has 1 aromatic carbocycles. The zero-order chi connectivity index (χ0) is 13.5. The quantitative estimate of drug-likeness (QED) is 0.838. The van der Waals surface area contributed by atoms with Crippen molar-refractivity contribution < 1.29 is 8.42 Å². The molecule has 0 saturated heterocycles. The molecule has 0 saturated carbocycles. The number of aryl methyl sites for hydroxylation is 1. The third kappa shape index (κ3) is 2.28. The van der Waals surface area contributed by atoms with Crippen molar-refractivity contribution in [2.45, 2.75) is 30.7 Å². The van der Waals surface area contributed by atoms with Crippen LogP contribution < -0.4 is 0 Å². The molecule has 0 amide bonds. The molecule has 0 aliphatic carbocycles. The van der Waals surface area contributed by atoms with Gasteiger partial charge in [-0.05, 0) is 37.1 Å². The minimum Gasteiger partial charge on any atom is -0.311 e. The summed E-state index contributed by atoms with van der Waals surface area (Å²) in [5.74, 6) is 1.85. The molecule has 0 bridgehead atoms. The summed E-state index contributed by atoms with van der Waals surface area (Å²) in [6.07, 6.45) is 4.47. The smallest absolute Gasteiger partial charge is 0.175 e. The van der Waals surface area contributed by atoms with E-state index in [0.29, 0.717) is 4.90 Å². The fourth-order valence-electron chi connectivity index (χ4n) is 2.37. The number of benzene rings is 1. The third-order valence-electron chi connectivity index (χ3n) is 3.40. The van der Waals surface area contributed by atoms with E-state index in [1.165, 1.54) is 6.26 Å². The summed E-state index contributed by atoms with van der Waals surface area (Å²) in [5.41, 5.74) is 0.910. The van der Waals surface area contributed by atoms with E-state index in [1.54, 1.807) is 24.3 Å². The average Bonchev–Trinajstić information content (AvgIpc) is 2.82. The molecule has 2 aromatic rings. The topological polar surface area (TPSA) is 64.8 Å². The molecule has 6 heteroatoms. The Kier molecular flexibility index (Phi) is 2.89. The summed E-state index contributed by atoms with van der Waals surface area (Å²) in [4.78, 5) is 0.328. The zero-order valence-corrected chi connectivity index (χ0v) is 11.5. The molecule has 0 spiro atoms. The monoisotopic (exact) mass is 277 g/mol. The normalized spacial score (nSPS) is 15.2. The first-order valence-electron chi connectivity index (χ1n) is 6.28. The van der Waals surface area contributed by atoms with Crippen LogP contribution in [0, 0.1) is 0 Å². The Morgan fingerprint density at radius 3 is 2.53 bits per heavy atom. The average molecular weight is 277 g/mol. The van der Waals surface area contributed by atoms with Crippen LogP contribution in [0.5, 0.6) is 0 Å². The Balaban J connectivity index is 2.01. The van der Waals surface area contributed by atoms with Gasteiger partial charge in [-0.25, -0.2) is 8.42 Å². The highest BCUT2D eigenvalue weighted by atomic mass is 32.2. The van der Waals surface area contributed by atoms with Crippen LogP contribution in [0.3, 0.4) is 0 Å². The van der Waals surface area contributed by atoms with Crippen molar-refractivity contribution in [2.75, 3.05) is 6.26 Å². The van der Waals surface area contributed by atoms with E-state index in [-0.39, 0.29) is 0 Å². The lowest BCUT2D eigenvalue weighted by Gasteiger charge is -2.14. The van der Waals surface area contributed by atoms with Gasteiger partial charge in [0, 0.05) is 24.8 Å². The van der Waals surface area contributed by atoms with E-state index in [0.717, 1.165) is 43.0 Å². The number of nitrogens with zero attached hydrogens (tertiary/aromatic N) is 3. The molecule has 0 fully saturated rings. The number of hydrogen-bond donors (Lipinski definition) is 0. The molecule has 0 N–H and O–H groups in total. The van der Waals surface area contributed by atoms with Gasteiger partial charge in [0.2, 0.25) is 0 Å². The fraction of sp³-hybridized carbons (Fsp3) is 0.385. The lowest BCUT2D eigenvalue weighted by atomic mass is 10.1. The summed E-state index contributed by atoms with van der Waals surface area (Å²) < 4.78 is 25.0. The highest BCUT2D eigenvalue weighted by Crippen LogP contribution is 2.23. The van der Waals surface area contributed by atoms with Gasteiger partial charge in [0.15, 0.2) is 15.7 Å². The predicted octanol–water partition coefficient (Wildman–Crippen LogP) is 1.68. The summed E-state index contributed by atoms with van der Waals surface area (Å²) in [5, 5.41) is 8.42. The maximum atomic E-state index is 11.4. The summed E-state index contributed by atoms with van der Waals surface area (Å²) in [7, 11) is -3.15. The maximum Gasteiger partial charge on any atom is 0.175 e. The second-order valence-corrected chi connectivity index (χ2v) is 6.86. The van der Waals surface area contributed by atoms with Crippen molar-refractivity contribution >= 4 is 9.84 Å². The van der Waals surface area contributed by atoms with Crippen LogP contribution in [-0.2, 0) is 22.8 Å². The minimum absolute atomic E-state index is 0.328. The highest BCUT2D eigenvalue weighted by Gasteiger charge is 2.17. The standard InChI is InChI=1S/C13H15N3O2S/c1-19(17,18)11-7-5-10(6-8-11)13-15-14-12-4-2-3-9-16(12)13/h5-8H,2-4,9H2,1H3. The number of fused-ring (bicyclic) bond motifs is 1. The summed E-state index contributed by atoms with van der Waals surface area (Å²) >= 11 is 0. The van der Waals surface area contributed by atoms with Gasteiger partial charge in [-0.1, -0.05) is 0 Å². The van der Waals surface area contributed by atoms with Crippen LogP contribution in [0.25, 0.3) is 11.4 Å². The van der Waals surface area contributed by atoms with Crippen LogP contribution in [0.4, 0.5) is 0 Å². The molecule has 5 nitrogen and oxygen atoms in total. The summed E-state index contributed by atoms with van der Waals surface area (Å²) in [6, 6.07) is 6.83. The molecular weight excluding hydrogens is 262 g/mol. The van der Waals surface area contributed by atoms with Crippen molar-refractivity contribution in [1.29, 1.82) is 0 Å². The van der Waals surface area contributed by atoms with Gasteiger partial charge in [-0.3, -0.25) is 0 Å². The Labute approximate surface area is 112 Å². The Hall–Kier alpha value is -1.69. The van der Waals surface area contributed by atoms with E-state index < -0.39 is 9.84 Å². The molecule has 100 valence electrons. The van der Waals surface area contributed by atoms with E-state index >= 15 is 0 Å². The van der Waals surface area contributed by atoms with Crippen LogP contribution in [0.15, 0.2) is 29.2 Å². The van der Waals surface area contributed by atoms with Gasteiger partial charge in [-0.2, -0.15) is 0 Å². The molecule has 0 radical (unpaired) electrons. The van der Waals surface area contributed by atoms with Gasteiger partial charge in [0.05, 0.1) is 4.90 Å². The number of aromatic nitrogens is 3. The van der Waals surface area contributed by atoms with Crippen molar-refractivity contribution in [3.63, 3.8) is 0 Å². The minimum atomic E-state index is -3.15. The molecule has 1 aliphatic heterocycles. The fourth-order valence-corrected chi connectivity index (χ4v) is 3.00. The molecule has 1 aliphatic rings. The third-order valence-corrected chi connectivity index (χ3v) is 4.53. The van der Waals surface area contributed by atoms with Crippen LogP contribution in [-0.4, -0.2) is 29.4 Å². The molecule has 0 unspecified atom stereocenters. The van der Waals surface area contributed by atoms with E-state index in [4.69, 9.17) is 0 Å². The molecule has 2 heterocycles. The first-order valence-corrected chi connectivity index (χ1v) is 8.17. The lowest BCUT2D eigenvalue weighted by Crippen LogP contribution is -2.11. The molecule has 19 heavy (non-hydrogen) atoms. The molecule has 1 aromatic heterocycles. The van der Waals surface area contributed by atoms with Crippen LogP contribution in [0.1, 0.15) is 18.7 Å². The second-order valence-electron chi connectivity index (χ2n) is 4.85. The van der Waals surface area contributed by atoms with Gasteiger partial charge in [-0.15, -0.1) is 10.2 Å². The van der Waals surface area contributed by atoms with Crippen molar-refractivity contribution in [3.05, 3.63) is 30.1 Å². The van der Waals surface area contributed by atoms with Crippen molar-refractivity contribution in [2.24, 2.45) is 0 Å². The van der Waals surface area contributed by atoms with Gasteiger partial charge in [0.25, 0.3) is 0 Å². The van der Waals surface area contributed by atoms with E-state index in [2.05, 4.69) is 14.8 Å². The zero-order valence-electron chi connectivity index (χ0n) is 10.7. The first kappa shape index (κ1) is 12.3. The number of sulfone groups is 1. The molecule has 0 atom stereocenters. The maximum absolute atomic E-state index is 11.4. The van der Waals surface area contributed by atoms with Gasteiger partial charge >= 0.3 is 0 Å². The summed E-state index contributed by atoms with van der Waals surface area (Å²) in [6.45, 7) is 0.936. The van der Waals surface area contributed by atoms with Gasteiger partial charge < -0.3 is 4.57 Å². The Morgan fingerprint density at radius 1 is 1.11 bits per heavy atom. The first-order chi connectivity index (χ1) is 9.05. The van der Waals surface area contributed by atoms with E-state index in [9.17, 15) is 8.42 Å². The van der Waals surface area contributed by atoms with Crippen LogP contribution >= 0.6 is 0 Å². The van der Waals surface area contributed by atoms with Crippen LogP contribution in [0.2, 0.25) is 0 Å². The second kappa shape index (κ2) is 4.45. The predicted molar refractivity (Wildman–Crippen MR) is 71.5 cm³/mol. The lowest BCUT2D eigenvalue weighted by molar-refractivity contribution is 0.526. The van der Waals surface area contributed by atoms with Crippen molar-refractivity contribution in [1.82, 2.24) is 14.8 Å². The molecule has 3 rings (SSSR count). The Morgan fingerprint density at radius 2 is 1.84 bits per heavy atom. The molecular formula is C13H15N3O2S. The number of rotatable bonds is 2. The Bertz CT molecular complexity index is 702.